The first-order valence-corrected chi connectivity index (χ1v) is 6.94. The third-order valence-electron chi connectivity index (χ3n) is 2.73. The summed E-state index contributed by atoms with van der Waals surface area (Å²) >= 11 is 0. The number of benzene rings is 1. The van der Waals surface area contributed by atoms with Gasteiger partial charge in [-0.05, 0) is 23.8 Å². The molecule has 0 saturated heterocycles. The summed E-state index contributed by atoms with van der Waals surface area (Å²) in [6.07, 6.45) is 0.528. The molecule has 0 radical (unpaired) electrons. The van der Waals surface area contributed by atoms with E-state index >= 15 is 0 Å². The van der Waals surface area contributed by atoms with Crippen LogP contribution in [0.5, 0.6) is 5.75 Å². The summed E-state index contributed by atoms with van der Waals surface area (Å²) in [7, 11) is 1.43. The van der Waals surface area contributed by atoms with Crippen LogP contribution in [0.1, 0.15) is 33.3 Å². The van der Waals surface area contributed by atoms with Crippen molar-refractivity contribution in [1.29, 1.82) is 0 Å². The predicted molar refractivity (Wildman–Crippen MR) is 82.7 cm³/mol. The van der Waals surface area contributed by atoms with E-state index in [1.54, 1.807) is 6.07 Å². The molecule has 0 heterocycles. The van der Waals surface area contributed by atoms with Gasteiger partial charge in [-0.25, -0.2) is 9.59 Å². The van der Waals surface area contributed by atoms with Crippen molar-refractivity contribution in [1.82, 2.24) is 0 Å². The number of rotatable bonds is 6. The van der Waals surface area contributed by atoms with Crippen LogP contribution in [0.15, 0.2) is 12.1 Å². The zero-order valence-corrected chi connectivity index (χ0v) is 13.8. The average Bonchev–Trinajstić information content (AvgIpc) is 2.44. The van der Waals surface area contributed by atoms with Gasteiger partial charge in [-0.1, -0.05) is 6.92 Å². The Morgan fingerprint density at radius 2 is 1.65 bits per heavy atom. The molecule has 0 saturated carbocycles. The Hall–Kier alpha value is -2.77. The number of nitrogens with one attached hydrogen (secondary N) is 1. The van der Waals surface area contributed by atoms with Gasteiger partial charge in [-0.15, -0.1) is 0 Å². The zero-order valence-electron chi connectivity index (χ0n) is 13.8. The maximum atomic E-state index is 11.3. The van der Waals surface area contributed by atoms with Crippen molar-refractivity contribution in [2.75, 3.05) is 17.7 Å². The molecular formula is C15H20N2O6. The molecule has 0 atom stereocenters. The minimum Gasteiger partial charge on any atom is -0.494 e. The first-order chi connectivity index (χ1) is 10.8. The second-order valence-electron chi connectivity index (χ2n) is 4.60. The van der Waals surface area contributed by atoms with Crippen molar-refractivity contribution in [2.24, 2.45) is 0 Å². The van der Waals surface area contributed by atoms with Gasteiger partial charge in [-0.3, -0.25) is 4.79 Å². The standard InChI is InChI=1S/C15H20N2O6/c1-6-12-13(16-9(2)18)7-8-14(15(12)21-5)17(22-10(3)19)23-11(4)20/h7-8H,6H2,1-5H3,(H,16,18). The molecular weight excluding hydrogens is 304 g/mol. The van der Waals surface area contributed by atoms with Gasteiger partial charge in [0.15, 0.2) is 11.4 Å². The summed E-state index contributed by atoms with van der Waals surface area (Å²) in [5.41, 5.74) is 1.46. The normalized spacial score (nSPS) is 9.78. The molecule has 0 aromatic heterocycles. The van der Waals surface area contributed by atoms with Gasteiger partial charge < -0.3 is 19.7 Å². The number of ether oxygens (including phenoxy) is 1. The van der Waals surface area contributed by atoms with Gasteiger partial charge in [0, 0.05) is 32.0 Å². The number of carbonyl (C=O) groups excluding carboxylic acids is 3. The van der Waals surface area contributed by atoms with Crippen LogP contribution < -0.4 is 15.3 Å². The molecule has 1 aromatic rings. The van der Waals surface area contributed by atoms with Crippen LogP contribution in [0.2, 0.25) is 0 Å². The van der Waals surface area contributed by atoms with Gasteiger partial charge in [0.1, 0.15) is 0 Å². The molecule has 1 amide bonds. The Morgan fingerprint density at radius 3 is 2.04 bits per heavy atom. The van der Waals surface area contributed by atoms with Crippen molar-refractivity contribution in [3.05, 3.63) is 17.7 Å². The van der Waals surface area contributed by atoms with E-state index in [2.05, 4.69) is 5.32 Å². The minimum atomic E-state index is -0.669. The highest BCUT2D eigenvalue weighted by atomic mass is 17.0. The van der Waals surface area contributed by atoms with E-state index < -0.39 is 11.9 Å². The summed E-state index contributed by atoms with van der Waals surface area (Å²) < 4.78 is 5.36. The molecule has 8 nitrogen and oxygen atoms in total. The largest absolute Gasteiger partial charge is 0.494 e. The molecule has 0 unspecified atom stereocenters. The fourth-order valence-electron chi connectivity index (χ4n) is 2.00. The molecule has 1 rings (SSSR count). The van der Waals surface area contributed by atoms with E-state index in [0.717, 1.165) is 0 Å². The number of anilines is 2. The summed E-state index contributed by atoms with van der Waals surface area (Å²) in [4.78, 5) is 43.5. The van der Waals surface area contributed by atoms with Gasteiger partial charge >= 0.3 is 11.9 Å². The van der Waals surface area contributed by atoms with Gasteiger partial charge in [0.05, 0.1) is 7.11 Å². The van der Waals surface area contributed by atoms with Crippen LogP contribution in [0.4, 0.5) is 11.4 Å². The lowest BCUT2D eigenvalue weighted by Crippen LogP contribution is -2.29. The molecule has 0 spiro atoms. The van der Waals surface area contributed by atoms with Crippen LogP contribution in [0.25, 0.3) is 0 Å². The Labute approximate surface area is 134 Å². The van der Waals surface area contributed by atoms with Crippen molar-refractivity contribution in [2.45, 2.75) is 34.1 Å². The van der Waals surface area contributed by atoms with E-state index in [-0.39, 0.29) is 11.6 Å². The highest BCUT2D eigenvalue weighted by Gasteiger charge is 2.23. The van der Waals surface area contributed by atoms with Gasteiger partial charge in [0.2, 0.25) is 5.91 Å². The highest BCUT2D eigenvalue weighted by Crippen LogP contribution is 2.37. The number of hydrogen-bond donors (Lipinski definition) is 1. The van der Waals surface area contributed by atoms with E-state index in [1.807, 2.05) is 6.92 Å². The van der Waals surface area contributed by atoms with Gasteiger partial charge in [0.25, 0.3) is 0 Å². The van der Waals surface area contributed by atoms with Crippen LogP contribution in [0, 0.1) is 0 Å². The first-order valence-electron chi connectivity index (χ1n) is 6.94. The molecule has 0 aliphatic heterocycles. The van der Waals surface area contributed by atoms with Crippen molar-refractivity contribution < 1.29 is 28.8 Å². The Morgan fingerprint density at radius 1 is 1.09 bits per heavy atom. The number of carbonyl (C=O) groups is 3. The quantitative estimate of drug-likeness (QED) is 0.799. The first kappa shape index (κ1) is 18.3. The number of nitrogens with zero attached hydrogens (tertiary/aromatic N) is 1. The topological polar surface area (TPSA) is 94.2 Å². The Balaban J connectivity index is 3.39. The van der Waals surface area contributed by atoms with Crippen LogP contribution in [0.3, 0.4) is 0 Å². The van der Waals surface area contributed by atoms with E-state index in [0.29, 0.717) is 28.6 Å². The lowest BCUT2D eigenvalue weighted by Gasteiger charge is -2.24. The SMILES string of the molecule is CCc1c(NC(C)=O)ccc(N(OC(C)=O)OC(C)=O)c1OC. The molecule has 0 fully saturated rings. The third-order valence-corrected chi connectivity index (χ3v) is 2.73. The predicted octanol–water partition coefficient (Wildman–Crippen LogP) is 1.98. The number of hydrogen-bond acceptors (Lipinski definition) is 7. The fourth-order valence-corrected chi connectivity index (χ4v) is 2.00. The van der Waals surface area contributed by atoms with Crippen molar-refractivity contribution >= 4 is 29.2 Å². The maximum absolute atomic E-state index is 11.3. The van der Waals surface area contributed by atoms with Crippen LogP contribution in [-0.2, 0) is 30.5 Å². The third kappa shape index (κ3) is 4.87. The lowest BCUT2D eigenvalue weighted by molar-refractivity contribution is -0.171. The summed E-state index contributed by atoms with van der Waals surface area (Å²) in [6, 6.07) is 3.12. The molecule has 23 heavy (non-hydrogen) atoms. The summed E-state index contributed by atoms with van der Waals surface area (Å²) in [5, 5.41) is 3.39. The summed E-state index contributed by atoms with van der Waals surface area (Å²) in [6.45, 7) is 5.61. The smallest absolute Gasteiger partial charge is 0.333 e. The van der Waals surface area contributed by atoms with E-state index in [4.69, 9.17) is 14.4 Å². The molecule has 1 N–H and O–H groups in total. The molecule has 126 valence electrons. The average molecular weight is 324 g/mol. The monoisotopic (exact) mass is 324 g/mol. The second kappa shape index (κ2) is 8.02. The Kier molecular flexibility index (Phi) is 6.37. The van der Waals surface area contributed by atoms with Gasteiger partial charge in [-0.2, -0.15) is 0 Å². The summed E-state index contributed by atoms with van der Waals surface area (Å²) in [5.74, 6) is -1.25. The minimum absolute atomic E-state index is 0.226. The van der Waals surface area contributed by atoms with E-state index in [1.165, 1.54) is 33.9 Å². The van der Waals surface area contributed by atoms with Crippen LogP contribution in [-0.4, -0.2) is 25.0 Å². The number of amides is 1. The maximum Gasteiger partial charge on any atom is 0.333 e. The molecule has 8 heteroatoms. The molecule has 0 aliphatic carbocycles. The highest BCUT2D eigenvalue weighted by molar-refractivity contribution is 5.91. The van der Waals surface area contributed by atoms with E-state index in [9.17, 15) is 14.4 Å². The lowest BCUT2D eigenvalue weighted by atomic mass is 10.1. The molecule has 0 aliphatic rings. The van der Waals surface area contributed by atoms with Crippen molar-refractivity contribution in [3.8, 4) is 5.75 Å². The second-order valence-corrected chi connectivity index (χ2v) is 4.60. The molecule has 1 aromatic carbocycles. The van der Waals surface area contributed by atoms with Crippen LogP contribution >= 0.6 is 0 Å². The number of methoxy groups -OCH3 is 1. The molecule has 0 bridgehead atoms. The Bertz CT molecular complexity index is 598. The van der Waals surface area contributed by atoms with Crippen molar-refractivity contribution in [3.63, 3.8) is 0 Å². The fraction of sp³-hybridized carbons (Fsp3) is 0.400. The zero-order chi connectivity index (χ0) is 17.6.